The smallest absolute Gasteiger partial charge is 0.328 e. The minimum absolute atomic E-state index is 0.0321. The number of hydrogen-bond acceptors (Lipinski definition) is 8. The van der Waals surface area contributed by atoms with Gasteiger partial charge in [0.15, 0.2) is 0 Å². The maximum atomic E-state index is 12.7. The van der Waals surface area contributed by atoms with Crippen LogP contribution in [-0.2, 0) is 20.7 Å². The first-order chi connectivity index (χ1) is 16.0. The number of aryl methyl sites for hydroxylation is 1. The topological polar surface area (TPSA) is 88.8 Å². The number of rotatable bonds is 8. The third-order valence-corrected chi connectivity index (χ3v) is 6.61. The third kappa shape index (κ3) is 5.79. The lowest BCUT2D eigenvalue weighted by atomic mass is 10.0. The van der Waals surface area contributed by atoms with Gasteiger partial charge >= 0.3 is 5.97 Å². The van der Waals surface area contributed by atoms with Gasteiger partial charge in [-0.3, -0.25) is 9.69 Å². The molecule has 174 valence electrons. The summed E-state index contributed by atoms with van der Waals surface area (Å²) in [6, 6.07) is 10.6. The fraction of sp³-hybridized carbons (Fsp3) is 0.391. The second-order valence-electron chi connectivity index (χ2n) is 7.61. The standard InChI is InChI=1S/C23H25ClN4O4S/c1-2-31-23(30)21(16-5-7-17(24)8-6-16)28-13-11-27(12-14-28)20(29)10-9-19-25-22(26-32-19)18-4-3-15-33-18/h3-8,15,21H,2,9-14H2,1H3. The number of piperazine rings is 1. The van der Waals surface area contributed by atoms with Crippen LogP contribution in [0.3, 0.4) is 0 Å². The number of hydrogen-bond donors (Lipinski definition) is 0. The first-order valence-electron chi connectivity index (χ1n) is 10.9. The molecular weight excluding hydrogens is 464 g/mol. The Balaban J connectivity index is 1.32. The van der Waals surface area contributed by atoms with Crippen molar-refractivity contribution in [3.05, 3.63) is 58.3 Å². The molecule has 0 saturated carbocycles. The first kappa shape index (κ1) is 23.4. The number of amides is 1. The van der Waals surface area contributed by atoms with E-state index in [4.69, 9.17) is 20.9 Å². The zero-order valence-electron chi connectivity index (χ0n) is 18.3. The number of ether oxygens (including phenoxy) is 1. The first-order valence-corrected chi connectivity index (χ1v) is 12.1. The van der Waals surface area contributed by atoms with Crippen LogP contribution in [0.2, 0.25) is 5.02 Å². The normalized spacial score (nSPS) is 15.4. The van der Waals surface area contributed by atoms with E-state index < -0.39 is 6.04 Å². The van der Waals surface area contributed by atoms with Crippen LogP contribution in [0.4, 0.5) is 0 Å². The largest absolute Gasteiger partial charge is 0.465 e. The lowest BCUT2D eigenvalue weighted by Crippen LogP contribution is -2.51. The van der Waals surface area contributed by atoms with E-state index in [1.165, 1.54) is 11.3 Å². The molecule has 4 rings (SSSR count). The number of thiophene rings is 1. The summed E-state index contributed by atoms with van der Waals surface area (Å²) in [7, 11) is 0. The van der Waals surface area contributed by atoms with E-state index in [1.54, 1.807) is 19.1 Å². The SMILES string of the molecule is CCOC(=O)C(c1ccc(Cl)cc1)N1CCN(C(=O)CCc2nc(-c3cccs3)no2)CC1. The van der Waals surface area contributed by atoms with E-state index in [1.807, 2.05) is 34.5 Å². The van der Waals surface area contributed by atoms with E-state index in [9.17, 15) is 9.59 Å². The summed E-state index contributed by atoms with van der Waals surface area (Å²) >= 11 is 7.55. The Kier molecular flexibility index (Phi) is 7.74. The Hall–Kier alpha value is -2.75. The van der Waals surface area contributed by atoms with Gasteiger partial charge in [0, 0.05) is 44.0 Å². The average Bonchev–Trinajstić information content (AvgIpc) is 3.52. The summed E-state index contributed by atoms with van der Waals surface area (Å²) in [5.41, 5.74) is 0.829. The molecule has 33 heavy (non-hydrogen) atoms. The molecule has 1 saturated heterocycles. The van der Waals surface area contributed by atoms with Gasteiger partial charge in [-0.15, -0.1) is 11.3 Å². The molecule has 0 bridgehead atoms. The summed E-state index contributed by atoms with van der Waals surface area (Å²) < 4.78 is 10.6. The number of carbonyl (C=O) groups is 2. The molecule has 1 aliphatic heterocycles. The number of esters is 1. The van der Waals surface area contributed by atoms with E-state index in [0.29, 0.717) is 62.4 Å². The van der Waals surface area contributed by atoms with Crippen LogP contribution in [0, 0.1) is 0 Å². The van der Waals surface area contributed by atoms with Crippen molar-refractivity contribution < 1.29 is 18.8 Å². The molecule has 0 spiro atoms. The van der Waals surface area contributed by atoms with E-state index in [-0.39, 0.29) is 11.9 Å². The Morgan fingerprint density at radius 3 is 2.61 bits per heavy atom. The molecule has 1 aliphatic rings. The lowest BCUT2D eigenvalue weighted by molar-refractivity contribution is -0.151. The number of carbonyl (C=O) groups excluding carboxylic acids is 2. The fourth-order valence-corrected chi connectivity index (χ4v) is 4.60. The van der Waals surface area contributed by atoms with Crippen LogP contribution in [0.5, 0.6) is 0 Å². The Labute approximate surface area is 201 Å². The van der Waals surface area contributed by atoms with Crippen LogP contribution in [0.1, 0.15) is 30.8 Å². The molecule has 1 fully saturated rings. The molecule has 8 nitrogen and oxygen atoms in total. The maximum absolute atomic E-state index is 12.7. The second-order valence-corrected chi connectivity index (χ2v) is 9.00. The van der Waals surface area contributed by atoms with Crippen LogP contribution in [-0.4, -0.2) is 64.6 Å². The summed E-state index contributed by atoms with van der Waals surface area (Å²) in [5, 5.41) is 6.55. The van der Waals surface area contributed by atoms with Crippen LogP contribution < -0.4 is 0 Å². The highest BCUT2D eigenvalue weighted by atomic mass is 35.5. The maximum Gasteiger partial charge on any atom is 0.328 e. The lowest BCUT2D eigenvalue weighted by Gasteiger charge is -2.38. The van der Waals surface area contributed by atoms with Gasteiger partial charge in [-0.05, 0) is 36.1 Å². The molecular formula is C23H25ClN4O4S. The van der Waals surface area contributed by atoms with Gasteiger partial charge in [-0.25, -0.2) is 4.79 Å². The second kappa shape index (κ2) is 10.9. The average molecular weight is 489 g/mol. The molecule has 3 heterocycles. The molecule has 1 aromatic carbocycles. The van der Waals surface area contributed by atoms with Crippen molar-refractivity contribution in [2.75, 3.05) is 32.8 Å². The van der Waals surface area contributed by atoms with Crippen molar-refractivity contribution in [3.63, 3.8) is 0 Å². The molecule has 1 amide bonds. The summed E-state index contributed by atoms with van der Waals surface area (Å²) in [5.74, 6) is 0.742. The van der Waals surface area contributed by atoms with Gasteiger partial charge in [0.05, 0.1) is 11.5 Å². The zero-order chi connectivity index (χ0) is 23.2. The number of aromatic nitrogens is 2. The third-order valence-electron chi connectivity index (χ3n) is 5.49. The predicted molar refractivity (Wildman–Crippen MR) is 125 cm³/mol. The molecule has 0 aliphatic carbocycles. The zero-order valence-corrected chi connectivity index (χ0v) is 19.8. The molecule has 2 aromatic heterocycles. The summed E-state index contributed by atoms with van der Waals surface area (Å²) in [4.78, 5) is 34.6. The highest BCUT2D eigenvalue weighted by Gasteiger charge is 2.32. The molecule has 0 radical (unpaired) electrons. The van der Waals surface area contributed by atoms with Gasteiger partial charge in [0.25, 0.3) is 0 Å². The molecule has 1 atom stereocenters. The van der Waals surface area contributed by atoms with Gasteiger partial charge in [-0.2, -0.15) is 4.98 Å². The van der Waals surface area contributed by atoms with Crippen LogP contribution in [0.25, 0.3) is 10.7 Å². The summed E-state index contributed by atoms with van der Waals surface area (Å²) in [6.45, 7) is 4.31. The quantitative estimate of drug-likeness (QED) is 0.445. The minimum Gasteiger partial charge on any atom is -0.465 e. The number of halogens is 1. The molecule has 3 aromatic rings. The molecule has 0 N–H and O–H groups in total. The summed E-state index contributed by atoms with van der Waals surface area (Å²) in [6.07, 6.45) is 0.693. The van der Waals surface area contributed by atoms with Gasteiger partial charge in [0.1, 0.15) is 6.04 Å². The van der Waals surface area contributed by atoms with Crippen molar-refractivity contribution in [3.8, 4) is 10.7 Å². The number of benzene rings is 1. The number of nitrogens with zero attached hydrogens (tertiary/aromatic N) is 4. The Morgan fingerprint density at radius 2 is 1.94 bits per heavy atom. The van der Waals surface area contributed by atoms with Gasteiger partial charge < -0.3 is 14.2 Å². The van der Waals surface area contributed by atoms with Gasteiger partial charge in [-0.1, -0.05) is 35.0 Å². The van der Waals surface area contributed by atoms with Crippen molar-refractivity contribution in [2.45, 2.75) is 25.8 Å². The van der Waals surface area contributed by atoms with E-state index in [2.05, 4.69) is 15.0 Å². The van der Waals surface area contributed by atoms with E-state index in [0.717, 1.165) is 10.4 Å². The molecule has 10 heteroatoms. The van der Waals surface area contributed by atoms with Crippen molar-refractivity contribution >= 4 is 34.8 Å². The monoisotopic (exact) mass is 488 g/mol. The fourth-order valence-electron chi connectivity index (χ4n) is 3.83. The Morgan fingerprint density at radius 1 is 1.18 bits per heavy atom. The van der Waals surface area contributed by atoms with Crippen LogP contribution >= 0.6 is 22.9 Å². The van der Waals surface area contributed by atoms with Crippen molar-refractivity contribution in [1.82, 2.24) is 19.9 Å². The predicted octanol–water partition coefficient (Wildman–Crippen LogP) is 3.83. The highest BCUT2D eigenvalue weighted by molar-refractivity contribution is 7.13. The van der Waals surface area contributed by atoms with Crippen LogP contribution in [0.15, 0.2) is 46.3 Å². The van der Waals surface area contributed by atoms with Gasteiger partial charge in [0.2, 0.25) is 17.6 Å². The van der Waals surface area contributed by atoms with Crippen molar-refractivity contribution in [1.29, 1.82) is 0 Å². The van der Waals surface area contributed by atoms with E-state index >= 15 is 0 Å². The molecule has 1 unspecified atom stereocenters. The Bertz CT molecular complexity index is 1060. The van der Waals surface area contributed by atoms with Crippen molar-refractivity contribution in [2.24, 2.45) is 0 Å². The minimum atomic E-state index is -0.520. The highest BCUT2D eigenvalue weighted by Crippen LogP contribution is 2.26.